The van der Waals surface area contributed by atoms with Crippen LogP contribution in [0.2, 0.25) is 0 Å². The summed E-state index contributed by atoms with van der Waals surface area (Å²) in [5.41, 5.74) is 2.92. The Hall–Kier alpha value is -0.510. The van der Waals surface area contributed by atoms with Gasteiger partial charge >= 0.3 is 0 Å². The highest BCUT2D eigenvalue weighted by Crippen LogP contribution is 2.27. The van der Waals surface area contributed by atoms with Gasteiger partial charge in [-0.2, -0.15) is 0 Å². The van der Waals surface area contributed by atoms with Gasteiger partial charge in [0.2, 0.25) is 0 Å². The topological polar surface area (TPSA) is 35.4 Å². The van der Waals surface area contributed by atoms with Crippen LogP contribution < -0.4 is 0 Å². The maximum absolute atomic E-state index is 13.5. The molecular formula is C91H198FN11. The predicted molar refractivity (Wildman–Crippen MR) is 466 cm³/mol. The number of rotatable bonds is 20. The summed E-state index contributed by atoms with van der Waals surface area (Å²) in [6.45, 7) is 103. The Labute approximate surface area is 651 Å². The van der Waals surface area contributed by atoms with Gasteiger partial charge in [-0.1, -0.05) is 215 Å². The van der Waals surface area contributed by atoms with Gasteiger partial charge in [0.25, 0.3) is 0 Å². The van der Waals surface area contributed by atoms with Crippen LogP contribution in [0, 0.1) is 49.2 Å². The lowest BCUT2D eigenvalue weighted by molar-refractivity contribution is 0.0718. The van der Waals surface area contributed by atoms with Gasteiger partial charge < -0.3 is 49.0 Å². The van der Waals surface area contributed by atoms with Crippen molar-refractivity contribution in [3.63, 3.8) is 0 Å². The Morgan fingerprint density at radius 2 is 0.388 bits per heavy atom. The predicted octanol–water partition coefficient (Wildman–Crippen LogP) is 21.3. The summed E-state index contributed by atoms with van der Waals surface area (Å²) >= 11 is 0. The molecule has 0 aromatic rings. The highest BCUT2D eigenvalue weighted by atomic mass is 19.1. The van der Waals surface area contributed by atoms with Crippen LogP contribution in [-0.4, -0.2) is 276 Å². The maximum Gasteiger partial charge on any atom is 0.118 e. The number of piperidine rings is 2. The van der Waals surface area contributed by atoms with E-state index < -0.39 is 5.67 Å². The molecule has 8 saturated heterocycles. The van der Waals surface area contributed by atoms with E-state index in [1.54, 1.807) is 13.8 Å². The molecule has 0 N–H and O–H groups in total. The molecule has 0 unspecified atom stereocenters. The maximum atomic E-state index is 13.5. The Morgan fingerprint density at radius 1 is 0.223 bits per heavy atom. The van der Waals surface area contributed by atoms with Gasteiger partial charge in [0.15, 0.2) is 0 Å². The quantitative estimate of drug-likeness (QED) is 0.109. The molecule has 0 radical (unpaired) electrons. The summed E-state index contributed by atoms with van der Waals surface area (Å²) in [5.74, 6) is 0.807. The number of hydrogen-bond acceptors (Lipinski definition) is 11. The molecule has 103 heavy (non-hydrogen) atoms. The zero-order chi connectivity index (χ0) is 76.1. The number of likely N-dealkylation sites (tertiary alicyclic amines) is 4. The molecule has 0 amide bonds. The summed E-state index contributed by atoms with van der Waals surface area (Å²) in [7, 11) is 2.21. The normalized spacial score (nSPS) is 20.4. The molecule has 0 spiro atoms. The first-order valence-electron chi connectivity index (χ1n) is 42.5. The lowest BCUT2D eigenvalue weighted by atomic mass is 9.91. The first kappa shape index (κ1) is 107. The fourth-order valence-corrected chi connectivity index (χ4v) is 12.7. The molecule has 0 aliphatic carbocycles. The van der Waals surface area contributed by atoms with Crippen molar-refractivity contribution in [2.75, 3.05) is 216 Å². The second-order valence-corrected chi connectivity index (χ2v) is 43.4. The molecule has 8 fully saturated rings. The van der Waals surface area contributed by atoms with Crippen molar-refractivity contribution in [1.29, 1.82) is 0 Å². The van der Waals surface area contributed by atoms with Crippen molar-refractivity contribution >= 4 is 0 Å². The summed E-state index contributed by atoms with van der Waals surface area (Å²) < 4.78 is 13.5. The Morgan fingerprint density at radius 3 is 0.563 bits per heavy atom. The largest absolute Gasteiger partial charge is 0.304 e. The summed E-state index contributed by atoms with van der Waals surface area (Å²) in [4.78, 5) is 27.8. The molecular weight excluding hydrogens is 1270 g/mol. The van der Waals surface area contributed by atoms with Gasteiger partial charge in [0.05, 0.1) is 0 Å². The van der Waals surface area contributed by atoms with Crippen molar-refractivity contribution in [3.05, 3.63) is 0 Å². The zero-order valence-corrected chi connectivity index (χ0v) is 74.0. The van der Waals surface area contributed by atoms with E-state index in [1.165, 1.54) is 286 Å². The fraction of sp³-hybridized carbons (Fsp3) is 1.00. The van der Waals surface area contributed by atoms with E-state index in [0.717, 1.165) is 32.1 Å². The smallest absolute Gasteiger partial charge is 0.118 e. The van der Waals surface area contributed by atoms with E-state index in [4.69, 9.17) is 0 Å². The number of likely N-dealkylation sites (N-methyl/N-ethyl adjacent to an activating group) is 1. The van der Waals surface area contributed by atoms with Crippen LogP contribution in [0.25, 0.3) is 0 Å². The van der Waals surface area contributed by atoms with Gasteiger partial charge in [-0.3, -0.25) is 4.90 Å². The number of alkyl halides is 1. The minimum absolute atomic E-state index is 0. The van der Waals surface area contributed by atoms with Crippen LogP contribution >= 0.6 is 0 Å². The third-order valence-corrected chi connectivity index (χ3v) is 20.8. The number of nitrogens with zero attached hydrogens (tertiary/aromatic N) is 11. The SMILES string of the molecule is C.C.C.CC(C)(C)CCN1CC1.CC(C)(C)CCN1CCC1.CC(C)(C)CCN1CCCC1.CC(C)(C)CCN1CCCCC1.CC(C)(C)CCN1CCCCC1.CC(C)(C)CCN1CCN(CC(C)(C)F)CC1.CC(C)CN1CCN(CCC(C)(C)C)CC1.CN1CCN(CCC(C)(C)C)CC1. The van der Waals surface area contributed by atoms with E-state index in [9.17, 15) is 4.39 Å². The minimum Gasteiger partial charge on any atom is -0.304 e. The molecule has 0 aromatic carbocycles. The standard InChI is InChI=1S/C14H29FN2.C14H30N2.C11H24N2.2C11H23N.C10H21N.C9H19N.C8H17N.3CH4/c1-13(2,3)6-7-16-8-10-17(11-9-16)12-14(4,5)15;1-13(2)12-16-10-8-15(9-11-16)7-6-14(3,4)5;1-11(2,3)5-6-13-9-7-12(4)8-10-13;2*1-11(2,3)7-10-12-8-5-4-6-9-12;1-10(2,3)6-9-11-7-4-5-8-11;1-9(2,3)5-8-10-6-4-7-10;1-8(2,3)4-5-9-6-7-9;;;/h6-12H2,1-5H3;13H,6-12H2,1-5H3;5-10H2,1-4H3;2*4-10H2,1-3H3;4-9H2,1-3H3;4-8H2,1-3H3;4-7H2,1-3H3;3*1H4. The molecule has 8 aliphatic heterocycles. The van der Waals surface area contributed by atoms with Gasteiger partial charge in [-0.05, 0) is 271 Å². The zero-order valence-electron chi connectivity index (χ0n) is 74.0. The lowest BCUT2D eigenvalue weighted by Crippen LogP contribution is -2.50. The van der Waals surface area contributed by atoms with Crippen molar-refractivity contribution in [1.82, 2.24) is 53.9 Å². The average Bonchev–Trinajstić information content (AvgIpc) is 1.16. The average molecular weight is 1470 g/mol. The first-order valence-corrected chi connectivity index (χ1v) is 42.5. The van der Waals surface area contributed by atoms with Crippen molar-refractivity contribution < 1.29 is 4.39 Å². The lowest BCUT2D eigenvalue weighted by Gasteiger charge is -2.37. The summed E-state index contributed by atoms with van der Waals surface area (Å²) in [6.07, 6.45) is 23.4. The highest BCUT2D eigenvalue weighted by molar-refractivity contribution is 4.82. The van der Waals surface area contributed by atoms with Crippen molar-refractivity contribution in [2.24, 2.45) is 49.2 Å². The molecule has 8 aliphatic rings. The molecule has 8 heterocycles. The minimum atomic E-state index is -1.06. The van der Waals surface area contributed by atoms with Gasteiger partial charge in [-0.15, -0.1) is 0 Å². The molecule has 0 bridgehead atoms. The van der Waals surface area contributed by atoms with Crippen LogP contribution in [0.15, 0.2) is 0 Å². The second-order valence-electron chi connectivity index (χ2n) is 43.4. The van der Waals surface area contributed by atoms with E-state index >= 15 is 0 Å². The molecule has 0 aromatic heterocycles. The molecule has 0 saturated carbocycles. The van der Waals surface area contributed by atoms with E-state index in [2.05, 4.69) is 241 Å². The molecule has 8 rings (SSSR count). The molecule has 0 atom stereocenters. The third kappa shape index (κ3) is 71.6. The van der Waals surface area contributed by atoms with Crippen molar-refractivity contribution in [2.45, 2.75) is 331 Å². The number of piperazine rings is 3. The van der Waals surface area contributed by atoms with Crippen LogP contribution in [0.4, 0.5) is 4.39 Å². The third-order valence-electron chi connectivity index (χ3n) is 20.8. The fourth-order valence-electron chi connectivity index (χ4n) is 12.7. The van der Waals surface area contributed by atoms with Gasteiger partial charge in [0, 0.05) is 105 Å². The highest BCUT2D eigenvalue weighted by Gasteiger charge is 2.27. The summed E-state index contributed by atoms with van der Waals surface area (Å²) in [5, 5.41) is 0. The van der Waals surface area contributed by atoms with Crippen LogP contribution in [-0.2, 0) is 0 Å². The van der Waals surface area contributed by atoms with E-state index in [0.29, 0.717) is 49.9 Å². The van der Waals surface area contributed by atoms with E-state index in [-0.39, 0.29) is 22.3 Å². The van der Waals surface area contributed by atoms with E-state index in [1.807, 2.05) is 0 Å². The molecule has 12 heteroatoms. The van der Waals surface area contributed by atoms with Crippen molar-refractivity contribution in [3.8, 4) is 0 Å². The molecule has 11 nitrogen and oxygen atoms in total. The second kappa shape index (κ2) is 53.4. The van der Waals surface area contributed by atoms with Crippen LogP contribution in [0.3, 0.4) is 0 Å². The monoisotopic (exact) mass is 1460 g/mol. The molecule has 624 valence electrons. The number of halogens is 1. The Balaban J connectivity index is -0.00000111. The first-order chi connectivity index (χ1) is 45.9. The Bertz CT molecular complexity index is 1870. The number of hydrogen-bond donors (Lipinski definition) is 0. The van der Waals surface area contributed by atoms with Gasteiger partial charge in [-0.25, -0.2) is 4.39 Å². The summed E-state index contributed by atoms with van der Waals surface area (Å²) in [6, 6.07) is 0. The van der Waals surface area contributed by atoms with Crippen LogP contribution in [0.1, 0.15) is 325 Å². The Kier molecular flexibility index (Phi) is 55.3. The van der Waals surface area contributed by atoms with Crippen LogP contribution in [0.5, 0.6) is 0 Å². The van der Waals surface area contributed by atoms with Gasteiger partial charge in [0.1, 0.15) is 5.67 Å².